The van der Waals surface area contributed by atoms with Crippen molar-refractivity contribution in [2.75, 3.05) is 0 Å². The van der Waals surface area contributed by atoms with Crippen molar-refractivity contribution in [1.29, 1.82) is 0 Å². The van der Waals surface area contributed by atoms with E-state index >= 15 is 0 Å². The summed E-state index contributed by atoms with van der Waals surface area (Å²) in [5.74, 6) is 4.12. The fourth-order valence-corrected chi connectivity index (χ4v) is 3.58. The van der Waals surface area contributed by atoms with Gasteiger partial charge in [-0.3, -0.25) is 0 Å². The predicted octanol–water partition coefficient (Wildman–Crippen LogP) is 4.74. The van der Waals surface area contributed by atoms with Crippen LogP contribution in [-0.4, -0.2) is 0 Å². The summed E-state index contributed by atoms with van der Waals surface area (Å²) in [5, 5.41) is 0. The normalized spacial score (nSPS) is 34.1. The molecule has 0 aromatic heterocycles. The first kappa shape index (κ1) is 10.5. The number of hydrogen-bond donors (Lipinski definition) is 0. The van der Waals surface area contributed by atoms with Gasteiger partial charge in [-0.2, -0.15) is 0 Å². The van der Waals surface area contributed by atoms with Crippen molar-refractivity contribution in [3.8, 4) is 0 Å². The van der Waals surface area contributed by atoms with Crippen LogP contribution in [0.1, 0.15) is 71.1 Å². The molecule has 0 bridgehead atoms. The molecule has 0 aromatic carbocycles. The van der Waals surface area contributed by atoms with E-state index in [9.17, 15) is 0 Å². The molecule has 2 aliphatic rings. The van der Waals surface area contributed by atoms with Crippen LogP contribution >= 0.6 is 0 Å². The second-order valence-corrected chi connectivity index (χ2v) is 5.31. The van der Waals surface area contributed by atoms with E-state index in [-0.39, 0.29) is 0 Å². The smallest absolute Gasteiger partial charge is 0.0207 e. The van der Waals surface area contributed by atoms with E-state index in [1.807, 2.05) is 5.92 Å². The second-order valence-electron chi connectivity index (χ2n) is 5.31. The molecule has 0 heterocycles. The van der Waals surface area contributed by atoms with Crippen LogP contribution in [0.25, 0.3) is 0 Å². The molecule has 0 amide bonds. The Kier molecular flexibility index (Phi) is 3.89. The monoisotopic (exact) mass is 193 g/mol. The van der Waals surface area contributed by atoms with Crippen molar-refractivity contribution >= 4 is 0 Å². The highest BCUT2D eigenvalue weighted by molar-refractivity contribution is 5.03. The van der Waals surface area contributed by atoms with Gasteiger partial charge in [0, 0.05) is 0 Å². The highest BCUT2D eigenvalue weighted by Crippen LogP contribution is 2.46. The minimum absolute atomic E-state index is 1.06. The summed E-state index contributed by atoms with van der Waals surface area (Å²) >= 11 is 0. The second kappa shape index (κ2) is 5.19. The largest absolute Gasteiger partial charge is 0.0654 e. The zero-order valence-corrected chi connectivity index (χ0v) is 9.73. The van der Waals surface area contributed by atoms with Gasteiger partial charge >= 0.3 is 0 Å². The lowest BCUT2D eigenvalue weighted by atomic mass is 9.64. The van der Waals surface area contributed by atoms with Crippen molar-refractivity contribution in [3.63, 3.8) is 0 Å². The van der Waals surface area contributed by atoms with Crippen LogP contribution in [0.5, 0.6) is 0 Å². The lowest BCUT2D eigenvalue weighted by Crippen LogP contribution is -2.29. The molecule has 2 fully saturated rings. The van der Waals surface area contributed by atoms with Crippen LogP contribution < -0.4 is 0 Å². The highest BCUT2D eigenvalue weighted by atomic mass is 14.4. The molecule has 0 heteroatoms. The van der Waals surface area contributed by atoms with Crippen LogP contribution in [-0.2, 0) is 0 Å². The maximum Gasteiger partial charge on any atom is -0.0207 e. The number of rotatable bonds is 3. The van der Waals surface area contributed by atoms with Crippen LogP contribution in [0.15, 0.2) is 0 Å². The molecule has 0 saturated heterocycles. The maximum absolute atomic E-state index is 2.32. The van der Waals surface area contributed by atoms with Gasteiger partial charge in [0.1, 0.15) is 0 Å². The Morgan fingerprint density at radius 1 is 1.07 bits per heavy atom. The van der Waals surface area contributed by atoms with Crippen molar-refractivity contribution < 1.29 is 0 Å². The molecule has 0 nitrogen and oxygen atoms in total. The summed E-state index contributed by atoms with van der Waals surface area (Å²) < 4.78 is 0. The SMILES string of the molecule is CCCC[C]1CCCC2CCCCC12. The fourth-order valence-electron chi connectivity index (χ4n) is 3.58. The average molecular weight is 193 g/mol. The van der Waals surface area contributed by atoms with Crippen LogP contribution in [0.4, 0.5) is 0 Å². The van der Waals surface area contributed by atoms with Crippen LogP contribution in [0.3, 0.4) is 0 Å². The van der Waals surface area contributed by atoms with Crippen molar-refractivity contribution in [2.24, 2.45) is 11.8 Å². The van der Waals surface area contributed by atoms with Crippen LogP contribution in [0, 0.1) is 17.8 Å². The van der Waals surface area contributed by atoms with Gasteiger partial charge in [-0.25, -0.2) is 0 Å². The van der Waals surface area contributed by atoms with E-state index in [1.54, 1.807) is 12.8 Å². The molecule has 0 N–H and O–H groups in total. The zero-order chi connectivity index (χ0) is 9.80. The Morgan fingerprint density at radius 3 is 2.71 bits per heavy atom. The van der Waals surface area contributed by atoms with Crippen molar-refractivity contribution in [2.45, 2.75) is 71.1 Å². The third-order valence-electron chi connectivity index (χ3n) is 4.36. The summed E-state index contributed by atoms with van der Waals surface area (Å²) in [5.41, 5.74) is 0. The Hall–Kier alpha value is 0. The standard InChI is InChI=1S/C14H25/c1-2-3-7-12-9-6-10-13-8-4-5-11-14(12)13/h13-14H,2-11H2,1H3. The summed E-state index contributed by atoms with van der Waals surface area (Å²) in [7, 11) is 0. The summed E-state index contributed by atoms with van der Waals surface area (Å²) in [4.78, 5) is 0. The van der Waals surface area contributed by atoms with Gasteiger partial charge in [0.25, 0.3) is 0 Å². The topological polar surface area (TPSA) is 0 Å². The number of hydrogen-bond acceptors (Lipinski definition) is 0. The minimum Gasteiger partial charge on any atom is -0.0654 e. The van der Waals surface area contributed by atoms with Gasteiger partial charge in [0.05, 0.1) is 0 Å². The first-order valence-electron chi connectivity index (χ1n) is 6.76. The molecule has 2 aliphatic carbocycles. The van der Waals surface area contributed by atoms with E-state index in [0.717, 1.165) is 11.8 Å². The molecule has 1 radical (unpaired) electrons. The van der Waals surface area contributed by atoms with E-state index in [0.29, 0.717) is 0 Å². The summed E-state index contributed by atoms with van der Waals surface area (Å²) in [6.45, 7) is 2.32. The molecular weight excluding hydrogens is 168 g/mol. The Bertz CT molecular complexity index is 159. The molecule has 2 saturated carbocycles. The molecule has 81 valence electrons. The van der Waals surface area contributed by atoms with Gasteiger partial charge in [-0.15, -0.1) is 0 Å². The lowest BCUT2D eigenvalue weighted by Gasteiger charge is -2.41. The van der Waals surface area contributed by atoms with E-state index < -0.39 is 0 Å². The number of fused-ring (bicyclic) bond motifs is 1. The van der Waals surface area contributed by atoms with Crippen LogP contribution in [0.2, 0.25) is 0 Å². The Balaban J connectivity index is 1.88. The third-order valence-corrected chi connectivity index (χ3v) is 4.36. The molecular formula is C14H25. The molecule has 2 rings (SSSR count). The Morgan fingerprint density at radius 2 is 1.86 bits per heavy atom. The first-order valence-corrected chi connectivity index (χ1v) is 6.76. The van der Waals surface area contributed by atoms with E-state index in [2.05, 4.69) is 6.92 Å². The highest BCUT2D eigenvalue weighted by Gasteiger charge is 2.34. The summed E-state index contributed by atoms with van der Waals surface area (Å²) in [6.07, 6.45) is 14.9. The van der Waals surface area contributed by atoms with Gasteiger partial charge in [0.15, 0.2) is 0 Å². The number of unbranched alkanes of at least 4 members (excludes halogenated alkanes) is 1. The van der Waals surface area contributed by atoms with Gasteiger partial charge in [-0.05, 0) is 37.0 Å². The molecule has 2 unspecified atom stereocenters. The lowest BCUT2D eigenvalue weighted by molar-refractivity contribution is 0.185. The minimum atomic E-state index is 1.06. The van der Waals surface area contributed by atoms with Gasteiger partial charge in [0.2, 0.25) is 0 Å². The zero-order valence-electron chi connectivity index (χ0n) is 9.73. The Labute approximate surface area is 89.5 Å². The molecule has 2 atom stereocenters. The predicted molar refractivity (Wildman–Crippen MR) is 62.1 cm³/mol. The maximum atomic E-state index is 2.32. The molecule has 0 aromatic rings. The van der Waals surface area contributed by atoms with E-state index in [4.69, 9.17) is 0 Å². The summed E-state index contributed by atoms with van der Waals surface area (Å²) in [6, 6.07) is 0. The first-order chi connectivity index (χ1) is 6.92. The molecule has 0 aliphatic heterocycles. The van der Waals surface area contributed by atoms with E-state index in [1.165, 1.54) is 51.4 Å². The van der Waals surface area contributed by atoms with Gasteiger partial charge in [-0.1, -0.05) is 51.9 Å². The quantitative estimate of drug-likeness (QED) is 0.607. The third kappa shape index (κ3) is 2.32. The molecule has 14 heavy (non-hydrogen) atoms. The van der Waals surface area contributed by atoms with Crippen molar-refractivity contribution in [1.82, 2.24) is 0 Å². The van der Waals surface area contributed by atoms with Gasteiger partial charge < -0.3 is 0 Å². The fraction of sp³-hybridized carbons (Fsp3) is 0.929. The molecule has 0 spiro atoms. The van der Waals surface area contributed by atoms with Crippen molar-refractivity contribution in [3.05, 3.63) is 5.92 Å². The average Bonchev–Trinajstić information content (AvgIpc) is 2.26.